The Hall–Kier alpha value is -1.65. The number of nitrogens with two attached hydrogens (primary N) is 1. The van der Waals surface area contributed by atoms with Crippen LogP contribution in [0, 0.1) is 0 Å². The number of carbonyl (C=O) groups is 1. The summed E-state index contributed by atoms with van der Waals surface area (Å²) in [5.41, 5.74) is 7.32. The molecule has 1 fully saturated rings. The van der Waals surface area contributed by atoms with Crippen LogP contribution in [0.3, 0.4) is 0 Å². The van der Waals surface area contributed by atoms with Crippen molar-refractivity contribution in [3.8, 4) is 0 Å². The lowest BCUT2D eigenvalue weighted by molar-refractivity contribution is -0.126. The van der Waals surface area contributed by atoms with Gasteiger partial charge < -0.3 is 11.1 Å². The highest BCUT2D eigenvalue weighted by atomic mass is 79.9. The van der Waals surface area contributed by atoms with Crippen molar-refractivity contribution < 1.29 is 4.79 Å². The zero-order valence-electron chi connectivity index (χ0n) is 12.4. The second-order valence-electron chi connectivity index (χ2n) is 6.04. The summed E-state index contributed by atoms with van der Waals surface area (Å²) >= 11 is 3.39. The minimum absolute atomic E-state index is 0.127. The van der Waals surface area contributed by atoms with Gasteiger partial charge in [-0.25, -0.2) is 0 Å². The molecular formula is C18H19BrN2O. The zero-order chi connectivity index (χ0) is 15.7. The van der Waals surface area contributed by atoms with Gasteiger partial charge in [-0.3, -0.25) is 4.79 Å². The average Bonchev–Trinajstić information content (AvgIpc) is 3.28. The Labute approximate surface area is 139 Å². The lowest BCUT2D eigenvalue weighted by atomic mass is 9.92. The molecule has 0 spiro atoms. The second-order valence-corrected chi connectivity index (χ2v) is 6.96. The predicted molar refractivity (Wildman–Crippen MR) is 91.4 cm³/mol. The first-order chi connectivity index (χ1) is 10.5. The zero-order valence-corrected chi connectivity index (χ0v) is 14.0. The normalized spacial score (nSPS) is 22.7. The van der Waals surface area contributed by atoms with Gasteiger partial charge in [-0.15, -0.1) is 0 Å². The fourth-order valence-electron chi connectivity index (χ4n) is 2.67. The van der Waals surface area contributed by atoms with Gasteiger partial charge in [-0.2, -0.15) is 0 Å². The lowest BCUT2D eigenvalue weighted by Gasteiger charge is -2.24. The fraction of sp³-hybridized carbons (Fsp3) is 0.278. The van der Waals surface area contributed by atoms with Gasteiger partial charge in [0.1, 0.15) is 5.54 Å². The molecule has 3 N–H and O–H groups in total. The highest BCUT2D eigenvalue weighted by Crippen LogP contribution is 2.41. The topological polar surface area (TPSA) is 55.1 Å². The number of amides is 1. The van der Waals surface area contributed by atoms with Crippen molar-refractivity contribution >= 4 is 21.8 Å². The largest absolute Gasteiger partial charge is 0.351 e. The Morgan fingerprint density at radius 1 is 1.18 bits per heavy atom. The molecular weight excluding hydrogens is 340 g/mol. The molecule has 0 radical (unpaired) electrons. The van der Waals surface area contributed by atoms with E-state index in [1.807, 2.05) is 42.5 Å². The van der Waals surface area contributed by atoms with Crippen LogP contribution in [0.1, 0.15) is 30.4 Å². The van der Waals surface area contributed by atoms with Gasteiger partial charge in [0.05, 0.1) is 0 Å². The highest BCUT2D eigenvalue weighted by molar-refractivity contribution is 9.10. The van der Waals surface area contributed by atoms with Crippen molar-refractivity contribution in [1.82, 2.24) is 5.32 Å². The SMILES string of the molecule is CC(N)(C(=O)NC1CC1c1ccccc1)c1ccc(Br)cc1. The second kappa shape index (κ2) is 5.86. The van der Waals surface area contributed by atoms with E-state index >= 15 is 0 Å². The van der Waals surface area contributed by atoms with E-state index in [0.717, 1.165) is 16.5 Å². The van der Waals surface area contributed by atoms with E-state index < -0.39 is 5.54 Å². The standard InChI is InChI=1S/C18H19BrN2O/c1-18(20,13-7-9-14(19)10-8-13)17(22)21-16-11-15(16)12-5-3-2-4-6-12/h2-10,15-16H,11,20H2,1H3,(H,21,22). The van der Waals surface area contributed by atoms with Crippen LogP contribution in [0.25, 0.3) is 0 Å². The Balaban J connectivity index is 1.66. The van der Waals surface area contributed by atoms with E-state index in [0.29, 0.717) is 5.92 Å². The molecule has 3 rings (SSSR count). The molecule has 3 unspecified atom stereocenters. The van der Waals surface area contributed by atoms with Crippen molar-refractivity contribution in [1.29, 1.82) is 0 Å². The molecule has 1 saturated carbocycles. The molecule has 0 aromatic heterocycles. The number of hydrogen-bond donors (Lipinski definition) is 2. The van der Waals surface area contributed by atoms with Gasteiger partial charge in [0.2, 0.25) is 5.91 Å². The lowest BCUT2D eigenvalue weighted by Crippen LogP contribution is -2.49. The monoisotopic (exact) mass is 358 g/mol. The Morgan fingerprint density at radius 3 is 2.45 bits per heavy atom. The van der Waals surface area contributed by atoms with Gasteiger partial charge in [-0.05, 0) is 36.6 Å². The van der Waals surface area contributed by atoms with Crippen LogP contribution in [0.4, 0.5) is 0 Å². The maximum atomic E-state index is 12.5. The van der Waals surface area contributed by atoms with Crippen LogP contribution in [0.15, 0.2) is 59.1 Å². The van der Waals surface area contributed by atoms with Crippen LogP contribution in [0.2, 0.25) is 0 Å². The molecule has 0 aliphatic heterocycles. The molecule has 1 aliphatic carbocycles. The third kappa shape index (κ3) is 3.08. The molecule has 3 atom stereocenters. The molecule has 3 nitrogen and oxygen atoms in total. The molecule has 0 saturated heterocycles. The summed E-state index contributed by atoms with van der Waals surface area (Å²) in [6.07, 6.45) is 0.978. The van der Waals surface area contributed by atoms with E-state index in [-0.39, 0.29) is 11.9 Å². The van der Waals surface area contributed by atoms with Crippen molar-refractivity contribution in [2.45, 2.75) is 30.8 Å². The minimum Gasteiger partial charge on any atom is -0.351 e. The van der Waals surface area contributed by atoms with Crippen LogP contribution < -0.4 is 11.1 Å². The van der Waals surface area contributed by atoms with Crippen molar-refractivity contribution in [3.05, 3.63) is 70.2 Å². The number of benzene rings is 2. The van der Waals surface area contributed by atoms with Gasteiger partial charge >= 0.3 is 0 Å². The number of hydrogen-bond acceptors (Lipinski definition) is 2. The first kappa shape index (κ1) is 15.3. The molecule has 2 aromatic rings. The summed E-state index contributed by atoms with van der Waals surface area (Å²) in [6.45, 7) is 1.76. The van der Waals surface area contributed by atoms with E-state index in [9.17, 15) is 4.79 Å². The smallest absolute Gasteiger partial charge is 0.244 e. The van der Waals surface area contributed by atoms with Crippen LogP contribution >= 0.6 is 15.9 Å². The van der Waals surface area contributed by atoms with E-state index in [1.54, 1.807) is 6.92 Å². The van der Waals surface area contributed by atoms with Gasteiger partial charge in [0.25, 0.3) is 0 Å². The van der Waals surface area contributed by atoms with Gasteiger partial charge in [-0.1, -0.05) is 58.4 Å². The quantitative estimate of drug-likeness (QED) is 0.880. The van der Waals surface area contributed by atoms with Crippen molar-refractivity contribution in [2.24, 2.45) is 5.73 Å². The Morgan fingerprint density at radius 2 is 1.82 bits per heavy atom. The predicted octanol–water partition coefficient (Wildman–Crippen LogP) is 3.30. The maximum absolute atomic E-state index is 12.5. The Bertz CT molecular complexity index is 667. The van der Waals surface area contributed by atoms with Crippen molar-refractivity contribution in [3.63, 3.8) is 0 Å². The third-order valence-electron chi connectivity index (χ3n) is 4.25. The molecule has 0 heterocycles. The molecule has 2 aromatic carbocycles. The Kier molecular flexibility index (Phi) is 4.06. The maximum Gasteiger partial charge on any atom is 0.244 e. The molecule has 1 amide bonds. The van der Waals surface area contributed by atoms with E-state index in [4.69, 9.17) is 5.73 Å². The molecule has 1 aliphatic rings. The molecule has 4 heteroatoms. The number of carbonyl (C=O) groups excluding carboxylic acids is 1. The highest BCUT2D eigenvalue weighted by Gasteiger charge is 2.42. The first-order valence-electron chi connectivity index (χ1n) is 7.39. The van der Waals surface area contributed by atoms with Crippen LogP contribution in [0.5, 0.6) is 0 Å². The van der Waals surface area contributed by atoms with Gasteiger partial charge in [0.15, 0.2) is 0 Å². The summed E-state index contributed by atoms with van der Waals surface area (Å²) < 4.78 is 0.971. The first-order valence-corrected chi connectivity index (χ1v) is 8.18. The van der Waals surface area contributed by atoms with E-state index in [1.165, 1.54) is 5.56 Å². The molecule has 22 heavy (non-hydrogen) atoms. The summed E-state index contributed by atoms with van der Waals surface area (Å²) in [5, 5.41) is 3.08. The number of rotatable bonds is 4. The summed E-state index contributed by atoms with van der Waals surface area (Å²) in [5.74, 6) is 0.282. The number of halogens is 1. The van der Waals surface area contributed by atoms with Crippen molar-refractivity contribution in [2.75, 3.05) is 0 Å². The summed E-state index contributed by atoms with van der Waals surface area (Å²) in [4.78, 5) is 12.5. The average molecular weight is 359 g/mol. The number of nitrogens with one attached hydrogen (secondary N) is 1. The van der Waals surface area contributed by atoms with E-state index in [2.05, 4.69) is 33.4 Å². The summed E-state index contributed by atoms with van der Waals surface area (Å²) in [6, 6.07) is 18.0. The van der Waals surface area contributed by atoms with Crippen LogP contribution in [-0.4, -0.2) is 11.9 Å². The fourth-order valence-corrected chi connectivity index (χ4v) is 2.93. The van der Waals surface area contributed by atoms with Crippen LogP contribution in [-0.2, 0) is 10.3 Å². The van der Waals surface area contributed by atoms with Gasteiger partial charge in [0, 0.05) is 16.4 Å². The summed E-state index contributed by atoms with van der Waals surface area (Å²) in [7, 11) is 0. The molecule has 114 valence electrons. The minimum atomic E-state index is -1.02. The third-order valence-corrected chi connectivity index (χ3v) is 4.78. The molecule has 0 bridgehead atoms.